The monoisotopic (exact) mass is 306 g/mol. The van der Waals surface area contributed by atoms with Crippen molar-refractivity contribution in [3.8, 4) is 0 Å². The second-order valence-corrected chi connectivity index (χ2v) is 7.40. The van der Waals surface area contributed by atoms with Crippen molar-refractivity contribution in [3.63, 3.8) is 0 Å². The highest BCUT2D eigenvalue weighted by Gasteiger charge is 2.26. The molecule has 118 valence electrons. The molecule has 2 nitrogen and oxygen atoms in total. The Morgan fingerprint density at radius 1 is 1.10 bits per heavy atom. The van der Waals surface area contributed by atoms with Crippen LogP contribution in [0.25, 0.3) is 0 Å². The molecule has 2 fully saturated rings. The van der Waals surface area contributed by atoms with E-state index in [4.69, 9.17) is 0 Å². The van der Waals surface area contributed by atoms with Gasteiger partial charge in [0.2, 0.25) is 0 Å². The summed E-state index contributed by atoms with van der Waals surface area (Å²) in [5.74, 6) is 0.939. The van der Waals surface area contributed by atoms with Gasteiger partial charge in [0.05, 0.1) is 0 Å². The lowest BCUT2D eigenvalue weighted by Crippen LogP contribution is -2.46. The SMILES string of the molecule is C=C/C=C\C(C)=C\SN1CCC(N2CCC(C)CC2)CC1. The third-order valence-corrected chi connectivity index (χ3v) is 5.78. The molecule has 0 saturated carbocycles. The number of rotatable bonds is 5. The molecule has 21 heavy (non-hydrogen) atoms. The summed E-state index contributed by atoms with van der Waals surface area (Å²) in [5, 5.41) is 2.25. The fourth-order valence-corrected chi connectivity index (χ4v) is 3.94. The number of hydrogen-bond acceptors (Lipinski definition) is 3. The summed E-state index contributed by atoms with van der Waals surface area (Å²) in [6.45, 7) is 13.3. The molecule has 0 spiro atoms. The van der Waals surface area contributed by atoms with E-state index >= 15 is 0 Å². The van der Waals surface area contributed by atoms with Crippen LogP contribution in [0.2, 0.25) is 0 Å². The van der Waals surface area contributed by atoms with Gasteiger partial charge < -0.3 is 4.90 Å². The molecule has 2 saturated heterocycles. The Kier molecular flexibility index (Phi) is 7.08. The predicted molar refractivity (Wildman–Crippen MR) is 95.3 cm³/mol. The number of likely N-dealkylation sites (tertiary alicyclic amines) is 1. The van der Waals surface area contributed by atoms with E-state index in [1.165, 1.54) is 57.4 Å². The highest BCUT2D eigenvalue weighted by Crippen LogP contribution is 2.26. The highest BCUT2D eigenvalue weighted by atomic mass is 32.2. The zero-order chi connectivity index (χ0) is 15.1. The van der Waals surface area contributed by atoms with Gasteiger partial charge in [-0.05, 0) is 62.6 Å². The smallest absolute Gasteiger partial charge is 0.0120 e. The molecule has 2 rings (SSSR count). The summed E-state index contributed by atoms with van der Waals surface area (Å²) in [7, 11) is 0. The fraction of sp³-hybridized carbons (Fsp3) is 0.667. The molecule has 2 aliphatic heterocycles. The van der Waals surface area contributed by atoms with Crippen molar-refractivity contribution < 1.29 is 0 Å². The van der Waals surface area contributed by atoms with E-state index in [9.17, 15) is 0 Å². The Labute approximate surface area is 135 Å². The van der Waals surface area contributed by atoms with E-state index in [0.717, 1.165) is 12.0 Å². The maximum absolute atomic E-state index is 3.70. The standard InChI is InChI=1S/C18H30N2S/c1-4-5-6-17(3)15-21-20-13-9-18(10-14-20)19-11-7-16(2)8-12-19/h4-6,15-16,18H,1,7-14H2,2-3H3/b6-5-,17-15+. The zero-order valence-corrected chi connectivity index (χ0v) is 14.4. The van der Waals surface area contributed by atoms with Crippen molar-refractivity contribution in [2.45, 2.75) is 45.6 Å². The Balaban J connectivity index is 1.70. The van der Waals surface area contributed by atoms with Crippen LogP contribution in [0.3, 0.4) is 0 Å². The Bertz CT molecular complexity index is 373. The fourth-order valence-electron chi connectivity index (χ4n) is 3.12. The van der Waals surface area contributed by atoms with E-state index in [0.29, 0.717) is 0 Å². The van der Waals surface area contributed by atoms with Gasteiger partial charge in [0, 0.05) is 19.1 Å². The molecule has 0 aliphatic carbocycles. The molecular weight excluding hydrogens is 276 g/mol. The molecule has 0 atom stereocenters. The van der Waals surface area contributed by atoms with Crippen molar-refractivity contribution in [1.29, 1.82) is 0 Å². The van der Waals surface area contributed by atoms with Crippen LogP contribution < -0.4 is 0 Å². The van der Waals surface area contributed by atoms with E-state index in [1.807, 2.05) is 24.1 Å². The van der Waals surface area contributed by atoms with Crippen molar-refractivity contribution >= 4 is 11.9 Å². The van der Waals surface area contributed by atoms with Gasteiger partial charge in [0.15, 0.2) is 0 Å². The van der Waals surface area contributed by atoms with Crippen molar-refractivity contribution in [3.05, 3.63) is 35.8 Å². The first kappa shape index (κ1) is 16.9. The summed E-state index contributed by atoms with van der Waals surface area (Å²) in [6.07, 6.45) is 11.4. The third kappa shape index (κ3) is 5.65. The summed E-state index contributed by atoms with van der Waals surface area (Å²) in [5.41, 5.74) is 1.30. The van der Waals surface area contributed by atoms with Crippen molar-refractivity contribution in [2.75, 3.05) is 26.2 Å². The molecule has 0 bridgehead atoms. The molecule has 0 aromatic heterocycles. The minimum Gasteiger partial charge on any atom is -0.300 e. The molecule has 0 aromatic carbocycles. The summed E-state index contributed by atoms with van der Waals surface area (Å²) < 4.78 is 2.51. The Morgan fingerprint density at radius 2 is 1.76 bits per heavy atom. The molecule has 0 N–H and O–H groups in total. The molecule has 2 aliphatic rings. The topological polar surface area (TPSA) is 6.48 Å². The highest BCUT2D eigenvalue weighted by molar-refractivity contribution is 7.99. The quantitative estimate of drug-likeness (QED) is 0.546. The minimum atomic E-state index is 0.833. The van der Waals surface area contributed by atoms with Crippen molar-refractivity contribution in [1.82, 2.24) is 9.21 Å². The minimum absolute atomic E-state index is 0.833. The van der Waals surface area contributed by atoms with Crippen LogP contribution in [0.1, 0.15) is 39.5 Å². The van der Waals surface area contributed by atoms with Crippen LogP contribution in [0, 0.1) is 5.92 Å². The molecule has 0 radical (unpaired) electrons. The lowest BCUT2D eigenvalue weighted by Gasteiger charge is -2.40. The van der Waals surface area contributed by atoms with Gasteiger partial charge in [-0.3, -0.25) is 0 Å². The lowest BCUT2D eigenvalue weighted by molar-refractivity contribution is 0.103. The number of allylic oxidation sites excluding steroid dienone is 4. The number of piperidine rings is 2. The van der Waals surface area contributed by atoms with Crippen LogP contribution in [-0.4, -0.2) is 41.4 Å². The van der Waals surface area contributed by atoms with Gasteiger partial charge >= 0.3 is 0 Å². The number of nitrogens with zero attached hydrogens (tertiary/aromatic N) is 2. The molecule has 2 heterocycles. The van der Waals surface area contributed by atoms with E-state index in [-0.39, 0.29) is 0 Å². The van der Waals surface area contributed by atoms with Crippen LogP contribution in [0.15, 0.2) is 35.8 Å². The average Bonchev–Trinajstić information content (AvgIpc) is 2.52. The summed E-state index contributed by atoms with van der Waals surface area (Å²) >= 11 is 1.87. The van der Waals surface area contributed by atoms with Crippen LogP contribution in [0.5, 0.6) is 0 Å². The third-order valence-electron chi connectivity index (χ3n) is 4.64. The molecule has 0 aromatic rings. The molecule has 0 amide bonds. The van der Waals surface area contributed by atoms with Gasteiger partial charge in [-0.2, -0.15) is 0 Å². The zero-order valence-electron chi connectivity index (χ0n) is 13.6. The summed E-state index contributed by atoms with van der Waals surface area (Å²) in [6, 6.07) is 0.833. The largest absolute Gasteiger partial charge is 0.300 e. The van der Waals surface area contributed by atoms with Crippen LogP contribution >= 0.6 is 11.9 Å². The van der Waals surface area contributed by atoms with Gasteiger partial charge in [-0.15, -0.1) is 0 Å². The van der Waals surface area contributed by atoms with E-state index in [1.54, 1.807) is 0 Å². The van der Waals surface area contributed by atoms with Gasteiger partial charge in [0.25, 0.3) is 0 Å². The molecule has 3 heteroatoms. The van der Waals surface area contributed by atoms with Crippen molar-refractivity contribution in [2.24, 2.45) is 5.92 Å². The molecule has 0 unspecified atom stereocenters. The summed E-state index contributed by atoms with van der Waals surface area (Å²) in [4.78, 5) is 2.75. The lowest BCUT2D eigenvalue weighted by atomic mass is 9.95. The number of hydrogen-bond donors (Lipinski definition) is 0. The second kappa shape index (κ2) is 8.82. The van der Waals surface area contributed by atoms with Crippen LogP contribution in [-0.2, 0) is 0 Å². The van der Waals surface area contributed by atoms with Gasteiger partial charge in [-0.25, -0.2) is 4.31 Å². The van der Waals surface area contributed by atoms with E-state index < -0.39 is 0 Å². The first-order valence-corrected chi connectivity index (χ1v) is 9.14. The second-order valence-electron chi connectivity index (χ2n) is 6.44. The van der Waals surface area contributed by atoms with Gasteiger partial charge in [-0.1, -0.05) is 43.7 Å². The van der Waals surface area contributed by atoms with Gasteiger partial charge in [0.1, 0.15) is 0 Å². The maximum Gasteiger partial charge on any atom is 0.0120 e. The Hall–Kier alpha value is -0.510. The first-order chi connectivity index (χ1) is 10.2. The first-order valence-electron chi connectivity index (χ1n) is 8.30. The molecular formula is C18H30N2S. The normalized spacial score (nSPS) is 24.8. The Morgan fingerprint density at radius 3 is 2.38 bits per heavy atom. The maximum atomic E-state index is 3.70. The van der Waals surface area contributed by atoms with E-state index in [2.05, 4.69) is 41.1 Å². The van der Waals surface area contributed by atoms with Crippen LogP contribution in [0.4, 0.5) is 0 Å². The average molecular weight is 307 g/mol. The predicted octanol–water partition coefficient (Wildman–Crippen LogP) is 4.48.